The molecule has 2 rings (SSSR count). The molecule has 0 radical (unpaired) electrons. The molecule has 6 heteroatoms. The van der Waals surface area contributed by atoms with Gasteiger partial charge in [0, 0.05) is 24.3 Å². The van der Waals surface area contributed by atoms with Gasteiger partial charge in [-0.1, -0.05) is 6.07 Å². The maximum Gasteiger partial charge on any atom is 0.272 e. The summed E-state index contributed by atoms with van der Waals surface area (Å²) in [6.45, 7) is 8.10. The first-order valence-corrected chi connectivity index (χ1v) is 7.48. The van der Waals surface area contributed by atoms with E-state index in [1.807, 2.05) is 6.07 Å². The van der Waals surface area contributed by atoms with Gasteiger partial charge < -0.3 is 14.8 Å². The van der Waals surface area contributed by atoms with Crippen LogP contribution in [0.3, 0.4) is 0 Å². The van der Waals surface area contributed by atoms with Crippen LogP contribution in [0, 0.1) is 0 Å². The summed E-state index contributed by atoms with van der Waals surface area (Å²) in [5, 5.41) is 3.44. The maximum absolute atomic E-state index is 12.3. The van der Waals surface area contributed by atoms with Crippen LogP contribution < -0.4 is 10.1 Å². The lowest BCUT2D eigenvalue weighted by atomic mass is 9.94. The SMILES string of the molecule is CC1(C)C[C@@H](NCc2cccnc2OCC(F)F)C(C)(C)O1. The number of rotatable bonds is 6. The van der Waals surface area contributed by atoms with Gasteiger partial charge in [0.05, 0.1) is 11.2 Å². The minimum Gasteiger partial charge on any atom is -0.471 e. The predicted octanol–water partition coefficient (Wildman–Crippen LogP) is 3.16. The molecule has 1 aromatic heterocycles. The normalized spacial score (nSPS) is 23.0. The summed E-state index contributed by atoms with van der Waals surface area (Å²) in [5.74, 6) is 0.256. The molecule has 1 aliphatic rings. The second kappa shape index (κ2) is 6.46. The zero-order valence-electron chi connectivity index (χ0n) is 13.5. The van der Waals surface area contributed by atoms with Crippen LogP contribution in [0.2, 0.25) is 0 Å². The Morgan fingerprint density at radius 3 is 2.73 bits per heavy atom. The van der Waals surface area contributed by atoms with E-state index in [4.69, 9.17) is 9.47 Å². The summed E-state index contributed by atoms with van der Waals surface area (Å²) in [4.78, 5) is 4.03. The molecule has 124 valence electrons. The molecule has 1 aliphatic heterocycles. The van der Waals surface area contributed by atoms with Gasteiger partial charge in [0.15, 0.2) is 6.61 Å². The number of hydrogen-bond donors (Lipinski definition) is 1. The van der Waals surface area contributed by atoms with Crippen molar-refractivity contribution in [3.8, 4) is 5.88 Å². The molecule has 1 saturated heterocycles. The van der Waals surface area contributed by atoms with Crippen LogP contribution in [0.5, 0.6) is 5.88 Å². The molecule has 0 bridgehead atoms. The van der Waals surface area contributed by atoms with E-state index < -0.39 is 13.0 Å². The third-order valence-corrected chi connectivity index (χ3v) is 3.81. The highest BCUT2D eigenvalue weighted by Crippen LogP contribution is 2.37. The van der Waals surface area contributed by atoms with Crippen molar-refractivity contribution in [1.82, 2.24) is 10.3 Å². The van der Waals surface area contributed by atoms with Crippen molar-refractivity contribution in [2.75, 3.05) is 6.61 Å². The largest absolute Gasteiger partial charge is 0.471 e. The Balaban J connectivity index is 2.00. The van der Waals surface area contributed by atoms with Crippen LogP contribution in [0.4, 0.5) is 8.78 Å². The highest BCUT2D eigenvalue weighted by atomic mass is 19.3. The second-order valence-corrected chi connectivity index (χ2v) is 6.77. The van der Waals surface area contributed by atoms with E-state index in [9.17, 15) is 8.78 Å². The average molecular weight is 314 g/mol. The van der Waals surface area contributed by atoms with Gasteiger partial charge in [-0.15, -0.1) is 0 Å². The minimum absolute atomic E-state index is 0.172. The van der Waals surface area contributed by atoms with Crippen molar-refractivity contribution >= 4 is 0 Å². The molecule has 22 heavy (non-hydrogen) atoms. The molecule has 1 fully saturated rings. The van der Waals surface area contributed by atoms with Crippen LogP contribution in [-0.2, 0) is 11.3 Å². The van der Waals surface area contributed by atoms with E-state index in [0.717, 1.165) is 12.0 Å². The van der Waals surface area contributed by atoms with E-state index in [2.05, 4.69) is 38.0 Å². The molecule has 0 saturated carbocycles. The first-order valence-electron chi connectivity index (χ1n) is 7.48. The Morgan fingerprint density at radius 2 is 2.14 bits per heavy atom. The van der Waals surface area contributed by atoms with Crippen molar-refractivity contribution in [3.05, 3.63) is 23.9 Å². The molecular formula is C16H24F2N2O2. The molecule has 0 amide bonds. The number of ether oxygens (including phenoxy) is 2. The fraction of sp³-hybridized carbons (Fsp3) is 0.688. The number of aromatic nitrogens is 1. The van der Waals surface area contributed by atoms with Crippen LogP contribution in [0.1, 0.15) is 39.7 Å². The third kappa shape index (κ3) is 4.36. The second-order valence-electron chi connectivity index (χ2n) is 6.77. The van der Waals surface area contributed by atoms with E-state index in [1.54, 1.807) is 6.07 Å². The van der Waals surface area contributed by atoms with Crippen LogP contribution in [-0.4, -0.2) is 35.3 Å². The first-order chi connectivity index (χ1) is 10.2. The van der Waals surface area contributed by atoms with Crippen LogP contribution >= 0.6 is 0 Å². The predicted molar refractivity (Wildman–Crippen MR) is 80.2 cm³/mol. The monoisotopic (exact) mass is 314 g/mol. The van der Waals surface area contributed by atoms with Crippen molar-refractivity contribution in [3.63, 3.8) is 0 Å². The van der Waals surface area contributed by atoms with E-state index in [0.29, 0.717) is 6.54 Å². The van der Waals surface area contributed by atoms with Gasteiger partial charge in [-0.25, -0.2) is 13.8 Å². The quantitative estimate of drug-likeness (QED) is 0.876. The van der Waals surface area contributed by atoms with E-state index in [-0.39, 0.29) is 23.1 Å². The summed E-state index contributed by atoms with van der Waals surface area (Å²) in [6.07, 6.45) is -0.0884. The molecule has 2 heterocycles. The van der Waals surface area contributed by atoms with Crippen molar-refractivity contribution < 1.29 is 18.3 Å². The zero-order valence-corrected chi connectivity index (χ0v) is 13.5. The molecule has 0 aromatic carbocycles. The number of nitrogens with zero attached hydrogens (tertiary/aromatic N) is 1. The minimum atomic E-state index is -2.51. The van der Waals surface area contributed by atoms with Crippen molar-refractivity contribution in [2.45, 2.75) is 64.3 Å². The van der Waals surface area contributed by atoms with Gasteiger partial charge in [0.25, 0.3) is 6.43 Å². The van der Waals surface area contributed by atoms with Gasteiger partial charge in [-0.3, -0.25) is 0 Å². The lowest BCUT2D eigenvalue weighted by molar-refractivity contribution is -0.0699. The lowest BCUT2D eigenvalue weighted by Crippen LogP contribution is -2.43. The van der Waals surface area contributed by atoms with Gasteiger partial charge >= 0.3 is 0 Å². The fourth-order valence-electron chi connectivity index (χ4n) is 2.94. The molecule has 0 unspecified atom stereocenters. The third-order valence-electron chi connectivity index (χ3n) is 3.81. The topological polar surface area (TPSA) is 43.4 Å². The Morgan fingerprint density at radius 1 is 1.41 bits per heavy atom. The number of alkyl halides is 2. The molecule has 1 aromatic rings. The molecule has 4 nitrogen and oxygen atoms in total. The standard InChI is InChI=1S/C16H24F2N2O2/c1-15(2)8-12(16(3,4)22-15)20-9-11-6-5-7-19-14(11)21-10-13(17)18/h5-7,12-13,20H,8-10H2,1-4H3/t12-/m1/s1. The van der Waals surface area contributed by atoms with Gasteiger partial charge in [-0.2, -0.15) is 0 Å². The van der Waals surface area contributed by atoms with E-state index in [1.165, 1.54) is 6.20 Å². The van der Waals surface area contributed by atoms with Gasteiger partial charge in [0.2, 0.25) is 5.88 Å². The summed E-state index contributed by atoms with van der Waals surface area (Å²) in [6, 6.07) is 3.77. The molecule has 0 spiro atoms. The summed E-state index contributed by atoms with van der Waals surface area (Å²) < 4.78 is 35.7. The Labute approximate surface area is 130 Å². The average Bonchev–Trinajstić information content (AvgIpc) is 2.62. The number of halogens is 2. The highest BCUT2D eigenvalue weighted by Gasteiger charge is 2.45. The summed E-state index contributed by atoms with van der Waals surface area (Å²) >= 11 is 0. The fourth-order valence-corrected chi connectivity index (χ4v) is 2.94. The van der Waals surface area contributed by atoms with Gasteiger partial charge in [-0.05, 0) is 40.2 Å². The Bertz CT molecular complexity index is 507. The van der Waals surface area contributed by atoms with Crippen molar-refractivity contribution in [1.29, 1.82) is 0 Å². The number of hydrogen-bond acceptors (Lipinski definition) is 4. The molecular weight excluding hydrogens is 290 g/mol. The highest BCUT2D eigenvalue weighted by molar-refractivity contribution is 5.25. The van der Waals surface area contributed by atoms with Crippen LogP contribution in [0.15, 0.2) is 18.3 Å². The molecule has 1 atom stereocenters. The summed E-state index contributed by atoms with van der Waals surface area (Å²) in [5.41, 5.74) is 0.310. The lowest BCUT2D eigenvalue weighted by Gasteiger charge is -2.28. The Hall–Kier alpha value is -1.27. The molecule has 0 aliphatic carbocycles. The van der Waals surface area contributed by atoms with Crippen LogP contribution in [0.25, 0.3) is 0 Å². The first kappa shape index (κ1) is 17.1. The smallest absolute Gasteiger partial charge is 0.272 e. The van der Waals surface area contributed by atoms with E-state index >= 15 is 0 Å². The zero-order chi connectivity index (χ0) is 16.4. The van der Waals surface area contributed by atoms with Crippen molar-refractivity contribution in [2.24, 2.45) is 0 Å². The number of pyridine rings is 1. The number of nitrogens with one attached hydrogen (secondary N) is 1. The maximum atomic E-state index is 12.3. The summed E-state index contributed by atoms with van der Waals surface area (Å²) in [7, 11) is 0. The van der Waals surface area contributed by atoms with Gasteiger partial charge in [0.1, 0.15) is 0 Å². The Kier molecular flexibility index (Phi) is 5.02. The molecule has 1 N–H and O–H groups in total.